The molecule has 1 aromatic rings. The fourth-order valence-corrected chi connectivity index (χ4v) is 4.22. The number of nitrogen functional groups attached to an aromatic ring is 1. The maximum atomic E-state index is 12.9. The van der Waals surface area contributed by atoms with Gasteiger partial charge in [-0.05, 0) is 52.6 Å². The summed E-state index contributed by atoms with van der Waals surface area (Å²) < 4.78 is 5.82. The molecular formula is C20H26ClN3O2. The van der Waals surface area contributed by atoms with Gasteiger partial charge in [-0.2, -0.15) is 0 Å². The van der Waals surface area contributed by atoms with E-state index in [9.17, 15) is 4.79 Å². The second kappa shape index (κ2) is 7.77. The Kier molecular flexibility index (Phi) is 5.64. The normalized spacial score (nSPS) is 25.9. The number of nitrogens with two attached hydrogens (primary N) is 1. The maximum Gasteiger partial charge on any atom is 0.255 e. The van der Waals surface area contributed by atoms with E-state index in [0.29, 0.717) is 34.1 Å². The standard InChI is InChI=1S/C20H26ClN3O2/c1-4-5-12(2)26-19-11-18(22)17(21)10-16(19)20(25)23-13-8-14-6-7-15(9-13)24(14)3/h10-15H,6-9,22H2,1-3H3,(H,23,25)/t12-,13?,14-,15+/m0/s1/i20+2. The van der Waals surface area contributed by atoms with Crippen molar-refractivity contribution in [2.45, 2.75) is 63.8 Å². The molecule has 1 amide bonds. The lowest BCUT2D eigenvalue weighted by Crippen LogP contribution is -2.48. The van der Waals surface area contributed by atoms with Crippen LogP contribution >= 0.6 is 11.6 Å². The van der Waals surface area contributed by atoms with Crippen LogP contribution < -0.4 is 15.8 Å². The van der Waals surface area contributed by atoms with Gasteiger partial charge in [0.25, 0.3) is 5.91 Å². The summed E-state index contributed by atoms with van der Waals surface area (Å²) in [7, 11) is 2.18. The third-order valence-electron chi connectivity index (χ3n) is 5.43. The van der Waals surface area contributed by atoms with Crippen molar-refractivity contribution in [1.29, 1.82) is 0 Å². The topological polar surface area (TPSA) is 67.6 Å². The molecule has 6 heteroatoms. The van der Waals surface area contributed by atoms with E-state index in [2.05, 4.69) is 29.1 Å². The molecule has 5 nitrogen and oxygen atoms in total. The molecule has 2 bridgehead atoms. The number of piperidine rings is 1. The Balaban J connectivity index is 1.77. The highest BCUT2D eigenvalue weighted by Crippen LogP contribution is 2.35. The third-order valence-corrected chi connectivity index (χ3v) is 5.76. The Bertz CT molecular complexity index is 741. The number of carbonyl (C=O) groups excluding carboxylic acids is 1. The van der Waals surface area contributed by atoms with Gasteiger partial charge in [-0.1, -0.05) is 17.5 Å². The zero-order chi connectivity index (χ0) is 18.8. The number of benzene rings is 1. The number of amides is 1. The Hall–Kier alpha value is -1.90. The molecule has 2 fully saturated rings. The first-order valence-electron chi connectivity index (χ1n) is 9.09. The summed E-state index contributed by atoms with van der Waals surface area (Å²) in [5.41, 5.74) is 6.68. The van der Waals surface area contributed by atoms with Crippen LogP contribution in [-0.2, 0) is 0 Å². The maximum absolute atomic E-state index is 12.9. The first-order chi connectivity index (χ1) is 12.4. The van der Waals surface area contributed by atoms with Gasteiger partial charge >= 0.3 is 0 Å². The van der Waals surface area contributed by atoms with Crippen LogP contribution in [0.1, 0.15) is 49.9 Å². The molecule has 0 aromatic heterocycles. The zero-order valence-corrected chi connectivity index (χ0v) is 16.3. The fraction of sp³-hybridized carbons (Fsp3) is 0.550. The number of rotatable bonds is 4. The second-order valence-corrected chi connectivity index (χ2v) is 7.62. The monoisotopic (exact) mass is 377 g/mol. The van der Waals surface area contributed by atoms with Crippen molar-refractivity contribution in [2.75, 3.05) is 12.8 Å². The molecular weight excluding hydrogens is 352 g/mol. The summed E-state index contributed by atoms with van der Waals surface area (Å²) in [6.45, 7) is 3.58. The minimum atomic E-state index is -0.341. The quantitative estimate of drug-likeness (QED) is 0.625. The number of carbonyl (C=O) groups is 1. The van der Waals surface area contributed by atoms with E-state index >= 15 is 0 Å². The van der Waals surface area contributed by atoms with E-state index in [4.69, 9.17) is 22.1 Å². The van der Waals surface area contributed by atoms with Gasteiger partial charge in [-0.25, -0.2) is 0 Å². The summed E-state index contributed by atoms with van der Waals surface area (Å²) in [4.78, 5) is 15.4. The largest absolute Gasteiger partial charge is 0.477 e. The van der Waals surface area contributed by atoms with Crippen molar-refractivity contribution < 1.29 is 9.53 Å². The minimum Gasteiger partial charge on any atom is -0.477 e. The van der Waals surface area contributed by atoms with Crippen molar-refractivity contribution in [2.24, 2.45) is 0 Å². The molecule has 2 aliphatic heterocycles. The molecule has 0 radical (unpaired) electrons. The van der Waals surface area contributed by atoms with Crippen molar-refractivity contribution in [3.05, 3.63) is 22.7 Å². The second-order valence-electron chi connectivity index (χ2n) is 7.22. The van der Waals surface area contributed by atoms with Crippen LogP contribution in [0.4, 0.5) is 5.69 Å². The van der Waals surface area contributed by atoms with E-state index in [1.807, 2.05) is 6.92 Å². The number of anilines is 1. The summed E-state index contributed by atoms with van der Waals surface area (Å²) in [5, 5.41) is 3.52. The van der Waals surface area contributed by atoms with Gasteiger partial charge in [0, 0.05) is 24.2 Å². The van der Waals surface area contributed by atoms with E-state index in [0.717, 1.165) is 12.8 Å². The van der Waals surface area contributed by atoms with Crippen LogP contribution in [0.25, 0.3) is 0 Å². The predicted molar refractivity (Wildman–Crippen MR) is 104 cm³/mol. The average Bonchev–Trinajstić information content (AvgIpc) is 2.80. The molecule has 3 N–H and O–H groups in total. The average molecular weight is 378 g/mol. The highest BCUT2D eigenvalue weighted by molar-refractivity contribution is 6.33. The van der Waals surface area contributed by atoms with Gasteiger partial charge in [-0.3, -0.25) is 4.79 Å². The summed E-state index contributed by atoms with van der Waals surface area (Å²) in [6.07, 6.45) is 4.04. The molecule has 2 heterocycles. The van der Waals surface area contributed by atoms with Gasteiger partial charge in [-0.15, -0.1) is 5.92 Å². The predicted octanol–water partition coefficient (Wildman–Crippen LogP) is 3.07. The SMILES string of the molecule is CC#C[C@H](C)Oc1cc(N)c(Cl)cc1[14C](=O)NC1C[C@H]2CC[C@@H](C1)N2C. The molecule has 0 saturated carbocycles. The van der Waals surface area contributed by atoms with Crippen LogP contribution in [0.15, 0.2) is 12.1 Å². The summed E-state index contributed by atoms with van der Waals surface area (Å²) in [6, 6.07) is 4.48. The van der Waals surface area contributed by atoms with Gasteiger partial charge < -0.3 is 20.7 Å². The van der Waals surface area contributed by atoms with Crippen LogP contribution in [-0.4, -0.2) is 42.1 Å². The molecule has 0 spiro atoms. The van der Waals surface area contributed by atoms with Crippen LogP contribution in [0.3, 0.4) is 0 Å². The fourth-order valence-electron chi connectivity index (χ4n) is 4.06. The van der Waals surface area contributed by atoms with Crippen LogP contribution in [0, 0.1) is 11.8 Å². The van der Waals surface area contributed by atoms with E-state index in [1.165, 1.54) is 12.8 Å². The zero-order valence-electron chi connectivity index (χ0n) is 15.5. The Labute approximate surface area is 160 Å². The summed E-state index contributed by atoms with van der Waals surface area (Å²) >= 11 is 6.15. The van der Waals surface area contributed by atoms with Gasteiger partial charge in [0.2, 0.25) is 0 Å². The number of hydrogen-bond donors (Lipinski definition) is 2. The lowest BCUT2D eigenvalue weighted by Gasteiger charge is -2.36. The molecule has 0 aliphatic carbocycles. The summed E-state index contributed by atoms with van der Waals surface area (Å²) in [5.74, 6) is 5.97. The highest BCUT2D eigenvalue weighted by Gasteiger charge is 2.39. The molecule has 1 aromatic carbocycles. The van der Waals surface area contributed by atoms with E-state index < -0.39 is 0 Å². The van der Waals surface area contributed by atoms with Gasteiger partial charge in [0.1, 0.15) is 5.75 Å². The first-order valence-corrected chi connectivity index (χ1v) is 9.47. The number of halogens is 1. The van der Waals surface area contributed by atoms with Crippen molar-refractivity contribution >= 4 is 23.2 Å². The minimum absolute atomic E-state index is 0.174. The lowest BCUT2D eigenvalue weighted by molar-refractivity contribution is 0.0878. The van der Waals surface area contributed by atoms with Crippen molar-refractivity contribution in [1.82, 2.24) is 10.2 Å². The molecule has 4 atom stereocenters. The van der Waals surface area contributed by atoms with E-state index in [-0.39, 0.29) is 18.1 Å². The third kappa shape index (κ3) is 3.92. The molecule has 2 aliphatic rings. The number of nitrogens with zero attached hydrogens (tertiary/aromatic N) is 1. The van der Waals surface area contributed by atoms with Crippen molar-refractivity contribution in [3.63, 3.8) is 0 Å². The van der Waals surface area contributed by atoms with E-state index in [1.54, 1.807) is 19.1 Å². The smallest absolute Gasteiger partial charge is 0.255 e. The van der Waals surface area contributed by atoms with Gasteiger partial charge in [0.05, 0.1) is 16.3 Å². The molecule has 2 saturated heterocycles. The molecule has 3 rings (SSSR count). The number of hydrogen-bond acceptors (Lipinski definition) is 4. The Morgan fingerprint density at radius 3 is 2.65 bits per heavy atom. The molecule has 1 unspecified atom stereocenters. The number of ether oxygens (including phenoxy) is 1. The van der Waals surface area contributed by atoms with Crippen molar-refractivity contribution in [3.8, 4) is 17.6 Å². The Morgan fingerprint density at radius 1 is 1.38 bits per heavy atom. The molecule has 26 heavy (non-hydrogen) atoms. The molecule has 140 valence electrons. The lowest BCUT2D eigenvalue weighted by atomic mass is 9.99. The number of nitrogens with one attached hydrogen (secondary N) is 1. The van der Waals surface area contributed by atoms with Crippen LogP contribution in [0.5, 0.6) is 5.75 Å². The number of fused-ring (bicyclic) bond motifs is 2. The Morgan fingerprint density at radius 2 is 2.04 bits per heavy atom. The highest BCUT2D eigenvalue weighted by atomic mass is 35.5. The van der Waals surface area contributed by atoms with Gasteiger partial charge in [0.15, 0.2) is 6.10 Å². The first kappa shape index (κ1) is 18.9. The van der Waals surface area contributed by atoms with Crippen LogP contribution in [0.2, 0.25) is 5.02 Å².